The van der Waals surface area contributed by atoms with E-state index in [0.717, 1.165) is 15.6 Å². The minimum absolute atomic E-state index is 0.226. The van der Waals surface area contributed by atoms with Gasteiger partial charge in [0.2, 0.25) is 0 Å². The number of hydrogen-bond acceptors (Lipinski definition) is 5. The van der Waals surface area contributed by atoms with Gasteiger partial charge in [-0.05, 0) is 24.1 Å². The molecular formula is C17H15BrN2O3S. The number of benzene rings is 1. The summed E-state index contributed by atoms with van der Waals surface area (Å²) in [4.78, 5) is 30.0. The number of fused-ring (bicyclic) bond motifs is 1. The van der Waals surface area contributed by atoms with Crippen molar-refractivity contribution in [3.8, 4) is 11.1 Å². The highest BCUT2D eigenvalue weighted by Gasteiger charge is 2.23. The number of hydrogen-bond donors (Lipinski definition) is 0. The van der Waals surface area contributed by atoms with Gasteiger partial charge in [0.25, 0.3) is 5.56 Å². The molecule has 7 heteroatoms. The molecule has 1 atom stereocenters. The first kappa shape index (κ1) is 16.9. The van der Waals surface area contributed by atoms with Crippen LogP contribution in [0.25, 0.3) is 21.3 Å². The van der Waals surface area contributed by atoms with Crippen molar-refractivity contribution in [1.82, 2.24) is 9.55 Å². The Morgan fingerprint density at radius 2 is 2.08 bits per heavy atom. The number of aromatic nitrogens is 2. The molecular weight excluding hydrogens is 392 g/mol. The number of halogens is 1. The summed E-state index contributed by atoms with van der Waals surface area (Å²) < 4.78 is 7.14. The molecule has 0 saturated heterocycles. The summed E-state index contributed by atoms with van der Waals surface area (Å²) >= 11 is 4.83. The number of esters is 1. The third kappa shape index (κ3) is 2.89. The van der Waals surface area contributed by atoms with Crippen molar-refractivity contribution in [3.05, 3.63) is 50.8 Å². The molecule has 0 fully saturated rings. The van der Waals surface area contributed by atoms with E-state index < -0.39 is 12.0 Å². The lowest BCUT2D eigenvalue weighted by atomic mass is 10.1. The average molecular weight is 407 g/mol. The van der Waals surface area contributed by atoms with Crippen molar-refractivity contribution >= 4 is 43.5 Å². The molecule has 2 aromatic heterocycles. The number of methoxy groups -OCH3 is 1. The topological polar surface area (TPSA) is 61.2 Å². The molecule has 0 aliphatic carbocycles. The summed E-state index contributed by atoms with van der Waals surface area (Å²) in [5, 5.41) is 2.46. The Morgan fingerprint density at radius 3 is 2.71 bits per heavy atom. The zero-order chi connectivity index (χ0) is 17.3. The maximum atomic E-state index is 13.0. The van der Waals surface area contributed by atoms with E-state index in [1.807, 2.05) is 36.6 Å². The van der Waals surface area contributed by atoms with Gasteiger partial charge in [0.1, 0.15) is 10.9 Å². The van der Waals surface area contributed by atoms with Gasteiger partial charge in [-0.15, -0.1) is 11.3 Å². The smallest absolute Gasteiger partial charge is 0.329 e. The van der Waals surface area contributed by atoms with Gasteiger partial charge in [-0.2, -0.15) is 0 Å². The Morgan fingerprint density at radius 1 is 1.38 bits per heavy atom. The van der Waals surface area contributed by atoms with E-state index in [9.17, 15) is 9.59 Å². The second-order valence-electron chi connectivity index (χ2n) is 5.24. The van der Waals surface area contributed by atoms with Crippen LogP contribution < -0.4 is 5.56 Å². The minimum atomic E-state index is -0.669. The van der Waals surface area contributed by atoms with Crippen LogP contribution in [0.5, 0.6) is 0 Å². The number of carbonyl (C=O) groups excluding carboxylic acids is 1. The van der Waals surface area contributed by atoms with Gasteiger partial charge < -0.3 is 4.74 Å². The summed E-state index contributed by atoms with van der Waals surface area (Å²) in [5.74, 6) is -0.443. The predicted octanol–water partition coefficient (Wildman–Crippen LogP) is 4.01. The fraction of sp³-hybridized carbons (Fsp3) is 0.235. The molecule has 0 saturated carbocycles. The van der Waals surface area contributed by atoms with Gasteiger partial charge in [0.05, 0.1) is 18.8 Å². The molecule has 0 radical (unpaired) electrons. The van der Waals surface area contributed by atoms with Gasteiger partial charge in [-0.25, -0.2) is 9.78 Å². The molecule has 3 aromatic rings. The molecule has 124 valence electrons. The van der Waals surface area contributed by atoms with Gasteiger partial charge in [-0.3, -0.25) is 9.36 Å². The standard InChI is InChI=1S/C17H15BrN2O3S/c1-3-13(17(22)23-2)20-9-19-15-14(16(20)21)12(8-24-15)10-4-6-11(18)7-5-10/h4-9,13H,3H2,1-2H3/t13-/m0/s1. The number of carbonyl (C=O) groups is 1. The van der Waals surface area contributed by atoms with Crippen LogP contribution in [-0.2, 0) is 9.53 Å². The van der Waals surface area contributed by atoms with E-state index >= 15 is 0 Å². The summed E-state index contributed by atoms with van der Waals surface area (Å²) in [6, 6.07) is 7.07. The van der Waals surface area contributed by atoms with E-state index in [2.05, 4.69) is 20.9 Å². The Bertz CT molecular complexity index is 947. The Balaban J connectivity index is 2.21. The van der Waals surface area contributed by atoms with Crippen LogP contribution in [0.2, 0.25) is 0 Å². The Hall–Kier alpha value is -1.99. The summed E-state index contributed by atoms with van der Waals surface area (Å²) in [5.41, 5.74) is 1.54. The highest BCUT2D eigenvalue weighted by Crippen LogP contribution is 2.31. The molecule has 0 aliphatic rings. The first-order valence-electron chi connectivity index (χ1n) is 7.39. The van der Waals surface area contributed by atoms with Gasteiger partial charge >= 0.3 is 5.97 Å². The third-order valence-electron chi connectivity index (χ3n) is 3.87. The molecule has 2 heterocycles. The highest BCUT2D eigenvalue weighted by molar-refractivity contribution is 9.10. The third-order valence-corrected chi connectivity index (χ3v) is 5.29. The molecule has 5 nitrogen and oxygen atoms in total. The molecule has 0 bridgehead atoms. The van der Waals surface area contributed by atoms with Crippen LogP contribution in [-0.4, -0.2) is 22.6 Å². The van der Waals surface area contributed by atoms with Crippen LogP contribution >= 0.6 is 27.3 Å². The van der Waals surface area contributed by atoms with E-state index in [-0.39, 0.29) is 5.56 Å². The van der Waals surface area contributed by atoms with Gasteiger partial charge in [-0.1, -0.05) is 35.0 Å². The second-order valence-corrected chi connectivity index (χ2v) is 7.01. The zero-order valence-electron chi connectivity index (χ0n) is 13.2. The monoisotopic (exact) mass is 406 g/mol. The minimum Gasteiger partial charge on any atom is -0.467 e. The van der Waals surface area contributed by atoms with Crippen LogP contribution in [0, 0.1) is 0 Å². The van der Waals surface area contributed by atoms with Crippen molar-refractivity contribution in [2.45, 2.75) is 19.4 Å². The molecule has 3 rings (SSSR count). The molecule has 0 spiro atoms. The van der Waals surface area contributed by atoms with E-state index in [1.165, 1.54) is 29.3 Å². The largest absolute Gasteiger partial charge is 0.467 e. The van der Waals surface area contributed by atoms with Crippen LogP contribution in [0.15, 0.2) is 45.2 Å². The lowest BCUT2D eigenvalue weighted by Crippen LogP contribution is -2.30. The Kier molecular flexibility index (Phi) is 4.82. The summed E-state index contributed by atoms with van der Waals surface area (Å²) in [7, 11) is 1.32. The molecule has 24 heavy (non-hydrogen) atoms. The normalized spacial score (nSPS) is 12.3. The fourth-order valence-electron chi connectivity index (χ4n) is 2.62. The molecule has 0 N–H and O–H groups in total. The maximum Gasteiger partial charge on any atom is 0.329 e. The van der Waals surface area contributed by atoms with Crippen LogP contribution in [0.4, 0.5) is 0 Å². The first-order chi connectivity index (χ1) is 11.6. The van der Waals surface area contributed by atoms with Crippen molar-refractivity contribution in [3.63, 3.8) is 0 Å². The first-order valence-corrected chi connectivity index (χ1v) is 9.06. The lowest BCUT2D eigenvalue weighted by Gasteiger charge is -2.15. The number of ether oxygens (including phenoxy) is 1. The fourth-order valence-corrected chi connectivity index (χ4v) is 3.79. The lowest BCUT2D eigenvalue weighted by molar-refractivity contribution is -0.144. The number of nitrogens with zero attached hydrogens (tertiary/aromatic N) is 2. The quantitative estimate of drug-likeness (QED) is 0.614. The van der Waals surface area contributed by atoms with Gasteiger partial charge in [0.15, 0.2) is 0 Å². The van der Waals surface area contributed by atoms with Crippen molar-refractivity contribution in [1.29, 1.82) is 0 Å². The summed E-state index contributed by atoms with van der Waals surface area (Å²) in [6.07, 6.45) is 1.88. The van der Waals surface area contributed by atoms with Crippen LogP contribution in [0.3, 0.4) is 0 Å². The number of thiophene rings is 1. The maximum absolute atomic E-state index is 13.0. The second kappa shape index (κ2) is 6.86. The van der Waals surface area contributed by atoms with E-state index in [0.29, 0.717) is 16.6 Å². The van der Waals surface area contributed by atoms with E-state index in [1.54, 1.807) is 0 Å². The molecule has 1 aromatic carbocycles. The average Bonchev–Trinajstić information content (AvgIpc) is 3.02. The molecule has 0 amide bonds. The van der Waals surface area contributed by atoms with E-state index in [4.69, 9.17) is 4.74 Å². The van der Waals surface area contributed by atoms with Gasteiger partial charge in [0, 0.05) is 15.4 Å². The molecule has 0 unspecified atom stereocenters. The predicted molar refractivity (Wildman–Crippen MR) is 98.4 cm³/mol. The Labute approximate surface area is 151 Å². The van der Waals surface area contributed by atoms with Crippen molar-refractivity contribution < 1.29 is 9.53 Å². The number of rotatable bonds is 4. The highest BCUT2D eigenvalue weighted by atomic mass is 79.9. The van der Waals surface area contributed by atoms with Crippen molar-refractivity contribution in [2.75, 3.05) is 7.11 Å². The van der Waals surface area contributed by atoms with Crippen molar-refractivity contribution in [2.24, 2.45) is 0 Å². The SMILES string of the molecule is CC[C@@H](C(=O)OC)n1cnc2scc(-c3ccc(Br)cc3)c2c1=O. The zero-order valence-corrected chi connectivity index (χ0v) is 15.6. The van der Waals surface area contributed by atoms with Crippen LogP contribution in [0.1, 0.15) is 19.4 Å². The summed E-state index contributed by atoms with van der Waals surface area (Å²) in [6.45, 7) is 1.83. The molecule has 0 aliphatic heterocycles.